The largest absolute Gasteiger partial charge is 0.338 e. The SMILES string of the molecule is O=C(Nc1cccc(C(=O)N2CCCC(c3nnc4ccccn34)C2)c1)C1CC1. The van der Waals surface area contributed by atoms with Gasteiger partial charge in [0.05, 0.1) is 0 Å². The third-order valence-electron chi connectivity index (χ3n) is 5.74. The second-order valence-electron chi connectivity index (χ2n) is 7.92. The molecule has 1 atom stereocenters. The van der Waals surface area contributed by atoms with E-state index in [1.807, 2.05) is 51.9 Å². The minimum absolute atomic E-state index is 0.00829. The minimum atomic E-state index is -0.00829. The zero-order valence-corrected chi connectivity index (χ0v) is 16.1. The zero-order chi connectivity index (χ0) is 19.8. The lowest BCUT2D eigenvalue weighted by Gasteiger charge is -2.32. The van der Waals surface area contributed by atoms with Crippen LogP contribution in [0.1, 0.15) is 47.8 Å². The summed E-state index contributed by atoms with van der Waals surface area (Å²) in [5.41, 5.74) is 2.11. The van der Waals surface area contributed by atoms with Crippen molar-refractivity contribution in [2.75, 3.05) is 18.4 Å². The molecule has 1 aromatic carbocycles. The second-order valence-corrected chi connectivity index (χ2v) is 7.92. The second kappa shape index (κ2) is 7.31. The smallest absolute Gasteiger partial charge is 0.253 e. The third-order valence-corrected chi connectivity index (χ3v) is 5.74. The van der Waals surface area contributed by atoms with Crippen molar-refractivity contribution in [2.24, 2.45) is 5.92 Å². The highest BCUT2D eigenvalue weighted by Gasteiger charge is 2.30. The van der Waals surface area contributed by atoms with E-state index in [1.165, 1.54) is 0 Å². The van der Waals surface area contributed by atoms with Crippen LogP contribution in [0.4, 0.5) is 5.69 Å². The Morgan fingerprint density at radius 1 is 1.03 bits per heavy atom. The summed E-state index contributed by atoms with van der Waals surface area (Å²) >= 11 is 0. The van der Waals surface area contributed by atoms with E-state index in [-0.39, 0.29) is 23.7 Å². The number of fused-ring (bicyclic) bond motifs is 1. The molecule has 148 valence electrons. The monoisotopic (exact) mass is 389 g/mol. The average Bonchev–Trinajstić information content (AvgIpc) is 3.53. The van der Waals surface area contributed by atoms with Gasteiger partial charge in [-0.3, -0.25) is 14.0 Å². The van der Waals surface area contributed by atoms with Crippen LogP contribution in [0.15, 0.2) is 48.7 Å². The Morgan fingerprint density at radius 3 is 2.79 bits per heavy atom. The van der Waals surface area contributed by atoms with Crippen LogP contribution in [0.2, 0.25) is 0 Å². The van der Waals surface area contributed by atoms with Gasteiger partial charge in [-0.2, -0.15) is 0 Å². The van der Waals surface area contributed by atoms with Crippen LogP contribution in [-0.4, -0.2) is 44.4 Å². The lowest BCUT2D eigenvalue weighted by atomic mass is 9.96. The summed E-state index contributed by atoms with van der Waals surface area (Å²) in [5, 5.41) is 11.6. The first-order valence-electron chi connectivity index (χ1n) is 10.2. The summed E-state index contributed by atoms with van der Waals surface area (Å²) < 4.78 is 2.01. The first-order chi connectivity index (χ1) is 14.2. The van der Waals surface area contributed by atoms with Gasteiger partial charge in [0.2, 0.25) is 5.91 Å². The van der Waals surface area contributed by atoms with E-state index in [0.717, 1.165) is 43.7 Å². The van der Waals surface area contributed by atoms with Crippen molar-refractivity contribution < 1.29 is 9.59 Å². The molecule has 7 nitrogen and oxygen atoms in total. The number of hydrogen-bond acceptors (Lipinski definition) is 4. The molecule has 1 aliphatic heterocycles. The van der Waals surface area contributed by atoms with Crippen molar-refractivity contribution in [1.29, 1.82) is 0 Å². The number of likely N-dealkylation sites (tertiary alicyclic amines) is 1. The molecule has 29 heavy (non-hydrogen) atoms. The van der Waals surface area contributed by atoms with Gasteiger partial charge in [-0.25, -0.2) is 0 Å². The molecule has 2 amide bonds. The Balaban J connectivity index is 1.32. The fourth-order valence-corrected chi connectivity index (χ4v) is 4.01. The van der Waals surface area contributed by atoms with Gasteiger partial charge in [0.15, 0.2) is 5.65 Å². The summed E-state index contributed by atoms with van der Waals surface area (Å²) in [5.74, 6) is 1.24. The standard InChI is InChI=1S/C22H23N5O2/c28-21(15-9-10-15)23-18-7-3-5-16(13-18)22(29)26-11-4-6-17(14-26)20-25-24-19-8-1-2-12-27(19)20/h1-3,5,7-8,12-13,15,17H,4,6,9-11,14H2,(H,23,28). The zero-order valence-electron chi connectivity index (χ0n) is 16.1. The van der Waals surface area contributed by atoms with Crippen molar-refractivity contribution in [3.8, 4) is 0 Å². The highest BCUT2D eigenvalue weighted by Crippen LogP contribution is 2.31. The van der Waals surface area contributed by atoms with E-state index in [4.69, 9.17) is 0 Å². The lowest BCUT2D eigenvalue weighted by Crippen LogP contribution is -2.39. The van der Waals surface area contributed by atoms with Gasteiger partial charge in [0.1, 0.15) is 5.82 Å². The van der Waals surface area contributed by atoms with Crippen LogP contribution in [0.3, 0.4) is 0 Å². The number of anilines is 1. The normalized spacial score (nSPS) is 19.3. The summed E-state index contributed by atoms with van der Waals surface area (Å²) in [6, 6.07) is 13.1. The molecule has 5 rings (SSSR count). The fourth-order valence-electron chi connectivity index (χ4n) is 4.01. The number of nitrogens with one attached hydrogen (secondary N) is 1. The van der Waals surface area contributed by atoms with Gasteiger partial charge in [-0.15, -0.1) is 10.2 Å². The lowest BCUT2D eigenvalue weighted by molar-refractivity contribution is -0.117. The van der Waals surface area contributed by atoms with Gasteiger partial charge < -0.3 is 10.2 Å². The molecule has 3 heterocycles. The van der Waals surface area contributed by atoms with Crippen molar-refractivity contribution >= 4 is 23.1 Å². The Hall–Kier alpha value is -3.22. The van der Waals surface area contributed by atoms with E-state index in [1.54, 1.807) is 6.07 Å². The molecule has 1 aliphatic carbocycles. The van der Waals surface area contributed by atoms with E-state index < -0.39 is 0 Å². The molecule has 0 radical (unpaired) electrons. The Kier molecular flexibility index (Phi) is 4.50. The Labute approximate surface area is 168 Å². The van der Waals surface area contributed by atoms with Crippen LogP contribution < -0.4 is 5.32 Å². The number of pyridine rings is 1. The summed E-state index contributed by atoms with van der Waals surface area (Å²) in [7, 11) is 0. The quantitative estimate of drug-likeness (QED) is 0.744. The number of hydrogen-bond donors (Lipinski definition) is 1. The van der Waals surface area contributed by atoms with Gasteiger partial charge >= 0.3 is 0 Å². The molecule has 1 unspecified atom stereocenters. The molecule has 1 saturated carbocycles. The maximum Gasteiger partial charge on any atom is 0.253 e. The molecule has 7 heteroatoms. The number of nitrogens with zero attached hydrogens (tertiary/aromatic N) is 4. The third kappa shape index (κ3) is 3.60. The summed E-state index contributed by atoms with van der Waals surface area (Å²) in [4.78, 5) is 27.0. The minimum Gasteiger partial charge on any atom is -0.338 e. The van der Waals surface area contributed by atoms with Crippen molar-refractivity contribution in [2.45, 2.75) is 31.6 Å². The Morgan fingerprint density at radius 2 is 1.93 bits per heavy atom. The summed E-state index contributed by atoms with van der Waals surface area (Å²) in [6.45, 7) is 1.35. The molecular weight excluding hydrogens is 366 g/mol. The number of carbonyl (C=O) groups excluding carboxylic acids is 2. The first kappa shape index (κ1) is 17.8. The number of rotatable bonds is 4. The predicted molar refractivity (Wildman–Crippen MR) is 109 cm³/mol. The highest BCUT2D eigenvalue weighted by atomic mass is 16.2. The van der Waals surface area contributed by atoms with Crippen LogP contribution in [-0.2, 0) is 4.79 Å². The van der Waals surface area contributed by atoms with Crippen LogP contribution >= 0.6 is 0 Å². The fraction of sp³-hybridized carbons (Fsp3) is 0.364. The van der Waals surface area contributed by atoms with Crippen molar-refractivity contribution in [3.63, 3.8) is 0 Å². The molecule has 0 spiro atoms. The Bertz CT molecular complexity index is 1070. The number of carbonyl (C=O) groups is 2. The predicted octanol–water partition coefficient (Wildman–Crippen LogP) is 3.10. The van der Waals surface area contributed by atoms with Crippen LogP contribution in [0.5, 0.6) is 0 Å². The number of piperidine rings is 1. The van der Waals surface area contributed by atoms with E-state index in [2.05, 4.69) is 15.5 Å². The molecular formula is C22H23N5O2. The van der Waals surface area contributed by atoms with Crippen molar-refractivity contribution in [1.82, 2.24) is 19.5 Å². The maximum absolute atomic E-state index is 13.1. The molecule has 2 aromatic heterocycles. The molecule has 2 aliphatic rings. The summed E-state index contributed by atoms with van der Waals surface area (Å²) in [6.07, 6.45) is 5.79. The topological polar surface area (TPSA) is 79.6 Å². The molecule has 0 bridgehead atoms. The first-order valence-corrected chi connectivity index (χ1v) is 10.2. The highest BCUT2D eigenvalue weighted by molar-refractivity contribution is 5.98. The number of aromatic nitrogens is 3. The molecule has 1 saturated heterocycles. The number of benzene rings is 1. The van der Waals surface area contributed by atoms with Gasteiger partial charge in [0.25, 0.3) is 5.91 Å². The molecule has 3 aromatic rings. The van der Waals surface area contributed by atoms with E-state index in [9.17, 15) is 9.59 Å². The van der Waals surface area contributed by atoms with Gasteiger partial charge in [0, 0.05) is 42.4 Å². The number of amides is 2. The van der Waals surface area contributed by atoms with Crippen LogP contribution in [0, 0.1) is 5.92 Å². The van der Waals surface area contributed by atoms with Crippen molar-refractivity contribution in [3.05, 3.63) is 60.0 Å². The van der Waals surface area contributed by atoms with Gasteiger partial charge in [-0.1, -0.05) is 12.1 Å². The van der Waals surface area contributed by atoms with E-state index >= 15 is 0 Å². The van der Waals surface area contributed by atoms with Crippen LogP contribution in [0.25, 0.3) is 5.65 Å². The average molecular weight is 389 g/mol. The van der Waals surface area contributed by atoms with E-state index in [0.29, 0.717) is 17.8 Å². The molecule has 1 N–H and O–H groups in total. The van der Waals surface area contributed by atoms with Gasteiger partial charge in [-0.05, 0) is 56.0 Å². The maximum atomic E-state index is 13.1. The molecule has 2 fully saturated rings.